The van der Waals surface area contributed by atoms with Crippen LogP contribution >= 0.6 is 0 Å². The molecule has 2 fully saturated rings. The summed E-state index contributed by atoms with van der Waals surface area (Å²) in [6.45, 7) is 8.54. The lowest BCUT2D eigenvalue weighted by atomic mass is 9.98. The molecule has 8 heteroatoms. The van der Waals surface area contributed by atoms with Crippen LogP contribution in [0.2, 0.25) is 0 Å². The van der Waals surface area contributed by atoms with Gasteiger partial charge in [0.1, 0.15) is 12.1 Å². The van der Waals surface area contributed by atoms with Crippen LogP contribution in [0.5, 0.6) is 0 Å². The van der Waals surface area contributed by atoms with E-state index in [1.165, 1.54) is 4.90 Å². The highest BCUT2D eigenvalue weighted by Crippen LogP contribution is 2.36. The Hall–Kier alpha value is -1.99. The van der Waals surface area contributed by atoms with E-state index in [1.807, 2.05) is 32.6 Å². The number of likely N-dealkylation sites (N-methyl/N-ethyl adjacent to an activating group) is 1. The predicted molar refractivity (Wildman–Crippen MR) is 106 cm³/mol. The van der Waals surface area contributed by atoms with Crippen LogP contribution in [0.1, 0.15) is 53.4 Å². The van der Waals surface area contributed by atoms with E-state index in [0.717, 1.165) is 32.2 Å². The molecule has 0 aromatic carbocycles. The second kappa shape index (κ2) is 8.80. The van der Waals surface area contributed by atoms with Crippen LogP contribution in [0.25, 0.3) is 0 Å². The molecule has 8 nitrogen and oxygen atoms in total. The normalized spacial score (nSPS) is 25.2. The highest BCUT2D eigenvalue weighted by Gasteiger charge is 2.45. The van der Waals surface area contributed by atoms with Crippen LogP contribution in [0.4, 0.5) is 4.79 Å². The third kappa shape index (κ3) is 6.01. The van der Waals surface area contributed by atoms with E-state index in [0.29, 0.717) is 5.96 Å². The summed E-state index contributed by atoms with van der Waals surface area (Å²) >= 11 is 0. The van der Waals surface area contributed by atoms with E-state index in [4.69, 9.17) is 4.74 Å². The highest BCUT2D eigenvalue weighted by molar-refractivity contribution is 5.85. The van der Waals surface area contributed by atoms with E-state index in [2.05, 4.69) is 15.6 Å². The first-order chi connectivity index (χ1) is 12.6. The minimum Gasteiger partial charge on any atom is -0.444 e. The standard InChI is InChI=1S/C19H35N5O3/c1-7-20-17(21-12-16(25)23(5)6)22-13-10-14-8-9-15(11-13)24(14)18(26)27-19(2,3)4/h13-15H,7-12H2,1-6H3,(H2,20,21,22). The molecule has 2 aliphatic heterocycles. The van der Waals surface area contributed by atoms with Crippen LogP contribution in [0.15, 0.2) is 4.99 Å². The number of rotatable bonds is 4. The maximum atomic E-state index is 12.6. The first kappa shape index (κ1) is 21.3. The Kier molecular flexibility index (Phi) is 6.95. The van der Waals surface area contributed by atoms with Crippen molar-refractivity contribution in [2.45, 2.75) is 77.1 Å². The number of aliphatic imine (C=N–C) groups is 1. The Bertz CT molecular complexity index is 556. The smallest absolute Gasteiger partial charge is 0.410 e. The SMILES string of the molecule is CCNC(=NCC(=O)N(C)C)NC1CC2CCC(C1)N2C(=O)OC(C)(C)C. The Labute approximate surface area is 162 Å². The second-order valence-electron chi connectivity index (χ2n) is 8.57. The quantitative estimate of drug-likeness (QED) is 0.570. The van der Waals surface area contributed by atoms with Gasteiger partial charge in [0.2, 0.25) is 5.91 Å². The molecule has 2 unspecified atom stereocenters. The maximum Gasteiger partial charge on any atom is 0.410 e. The zero-order chi connectivity index (χ0) is 20.2. The van der Waals surface area contributed by atoms with Crippen molar-refractivity contribution in [2.75, 3.05) is 27.2 Å². The van der Waals surface area contributed by atoms with Gasteiger partial charge in [-0.15, -0.1) is 0 Å². The fraction of sp³-hybridized carbons (Fsp3) is 0.842. The molecule has 0 radical (unpaired) electrons. The number of guanidine groups is 1. The Morgan fingerprint density at radius 1 is 1.19 bits per heavy atom. The van der Waals surface area contributed by atoms with Crippen molar-refractivity contribution in [3.63, 3.8) is 0 Å². The van der Waals surface area contributed by atoms with Gasteiger partial charge in [-0.2, -0.15) is 0 Å². The molecule has 0 aromatic rings. The molecule has 2 atom stereocenters. The molecule has 0 aromatic heterocycles. The Morgan fingerprint density at radius 3 is 2.26 bits per heavy atom. The molecular weight excluding hydrogens is 346 g/mol. The molecule has 2 saturated heterocycles. The largest absolute Gasteiger partial charge is 0.444 e. The van der Waals surface area contributed by atoms with Crippen LogP contribution in [0, 0.1) is 0 Å². The number of carbonyl (C=O) groups excluding carboxylic acids is 2. The predicted octanol–water partition coefficient (Wildman–Crippen LogP) is 1.56. The topological polar surface area (TPSA) is 86.3 Å². The van der Waals surface area contributed by atoms with Crippen LogP contribution < -0.4 is 10.6 Å². The highest BCUT2D eigenvalue weighted by atomic mass is 16.6. The fourth-order valence-corrected chi connectivity index (χ4v) is 3.71. The van der Waals surface area contributed by atoms with Gasteiger partial charge >= 0.3 is 6.09 Å². The van der Waals surface area contributed by atoms with Crippen molar-refractivity contribution >= 4 is 18.0 Å². The van der Waals surface area contributed by atoms with Gasteiger partial charge in [0.25, 0.3) is 0 Å². The molecule has 154 valence electrons. The number of nitrogens with one attached hydrogen (secondary N) is 2. The fourth-order valence-electron chi connectivity index (χ4n) is 3.71. The van der Waals surface area contributed by atoms with Crippen molar-refractivity contribution in [2.24, 2.45) is 4.99 Å². The van der Waals surface area contributed by atoms with Gasteiger partial charge in [0.05, 0.1) is 0 Å². The molecule has 2 heterocycles. The zero-order valence-electron chi connectivity index (χ0n) is 17.5. The van der Waals surface area contributed by atoms with E-state index in [9.17, 15) is 9.59 Å². The summed E-state index contributed by atoms with van der Waals surface area (Å²) in [5.74, 6) is 0.620. The molecule has 2 amide bonds. The summed E-state index contributed by atoms with van der Waals surface area (Å²) in [4.78, 5) is 32.2. The van der Waals surface area contributed by atoms with Crippen molar-refractivity contribution < 1.29 is 14.3 Å². The minimum atomic E-state index is -0.477. The lowest BCUT2D eigenvalue weighted by Gasteiger charge is -2.40. The van der Waals surface area contributed by atoms with E-state index >= 15 is 0 Å². The molecule has 2 aliphatic rings. The molecule has 27 heavy (non-hydrogen) atoms. The number of carbonyl (C=O) groups is 2. The van der Waals surface area contributed by atoms with Crippen molar-refractivity contribution in [3.05, 3.63) is 0 Å². The molecular formula is C19H35N5O3. The number of hydrogen-bond donors (Lipinski definition) is 2. The van der Waals surface area contributed by atoms with Gasteiger partial charge in [0.15, 0.2) is 5.96 Å². The third-order valence-corrected chi connectivity index (χ3v) is 4.89. The van der Waals surface area contributed by atoms with Gasteiger partial charge < -0.3 is 25.2 Å². The van der Waals surface area contributed by atoms with Crippen molar-refractivity contribution in [1.29, 1.82) is 0 Å². The van der Waals surface area contributed by atoms with Gasteiger partial charge in [-0.1, -0.05) is 0 Å². The number of amides is 2. The van der Waals surface area contributed by atoms with Gasteiger partial charge in [-0.05, 0) is 53.4 Å². The molecule has 2 rings (SSSR count). The van der Waals surface area contributed by atoms with E-state index in [-0.39, 0.29) is 36.7 Å². The Balaban J connectivity index is 1.97. The number of nitrogens with zero attached hydrogens (tertiary/aromatic N) is 3. The van der Waals surface area contributed by atoms with Crippen LogP contribution in [-0.4, -0.2) is 78.7 Å². The van der Waals surface area contributed by atoms with Gasteiger partial charge in [-0.3, -0.25) is 4.79 Å². The monoisotopic (exact) mass is 381 g/mol. The number of ether oxygens (including phenoxy) is 1. The molecule has 0 aliphatic carbocycles. The lowest BCUT2D eigenvalue weighted by Crippen LogP contribution is -2.55. The maximum absolute atomic E-state index is 12.6. The first-order valence-electron chi connectivity index (χ1n) is 9.87. The van der Waals surface area contributed by atoms with Gasteiger partial charge in [0, 0.05) is 38.8 Å². The summed E-state index contributed by atoms with van der Waals surface area (Å²) in [6.07, 6.45) is 3.54. The minimum absolute atomic E-state index is 0.0352. The average molecular weight is 382 g/mol. The summed E-state index contributed by atoms with van der Waals surface area (Å²) < 4.78 is 5.59. The van der Waals surface area contributed by atoms with Crippen molar-refractivity contribution in [3.8, 4) is 0 Å². The molecule has 2 bridgehead atoms. The summed E-state index contributed by atoms with van der Waals surface area (Å²) in [7, 11) is 3.45. The number of fused-ring (bicyclic) bond motifs is 2. The van der Waals surface area contributed by atoms with Crippen molar-refractivity contribution in [1.82, 2.24) is 20.4 Å². The summed E-state index contributed by atoms with van der Waals surface area (Å²) in [5.41, 5.74) is -0.477. The molecule has 0 spiro atoms. The molecule has 2 N–H and O–H groups in total. The average Bonchev–Trinajstić information content (AvgIpc) is 2.82. The summed E-state index contributed by atoms with van der Waals surface area (Å²) in [6, 6.07) is 0.623. The van der Waals surface area contributed by atoms with Crippen LogP contribution in [0.3, 0.4) is 0 Å². The van der Waals surface area contributed by atoms with Crippen LogP contribution in [-0.2, 0) is 9.53 Å². The Morgan fingerprint density at radius 2 is 1.78 bits per heavy atom. The number of hydrogen-bond acceptors (Lipinski definition) is 4. The first-order valence-corrected chi connectivity index (χ1v) is 9.87. The number of piperidine rings is 1. The zero-order valence-corrected chi connectivity index (χ0v) is 17.5. The summed E-state index contributed by atoms with van der Waals surface area (Å²) in [5, 5.41) is 6.65. The molecule has 0 saturated carbocycles. The van der Waals surface area contributed by atoms with Gasteiger partial charge in [-0.25, -0.2) is 9.79 Å². The lowest BCUT2D eigenvalue weighted by molar-refractivity contribution is -0.127. The van der Waals surface area contributed by atoms with E-state index < -0.39 is 5.60 Å². The second-order valence-corrected chi connectivity index (χ2v) is 8.57. The third-order valence-electron chi connectivity index (χ3n) is 4.89. The van der Waals surface area contributed by atoms with E-state index in [1.54, 1.807) is 14.1 Å².